The van der Waals surface area contributed by atoms with E-state index >= 15 is 0 Å². The van der Waals surface area contributed by atoms with Crippen LogP contribution in [0.4, 0.5) is 0 Å². The highest BCUT2D eigenvalue weighted by Gasteiger charge is 2.26. The average Bonchev–Trinajstić information content (AvgIpc) is 2.13. The zero-order valence-corrected chi connectivity index (χ0v) is 6.18. The van der Waals surface area contributed by atoms with Crippen LogP contribution in [0.25, 0.3) is 0 Å². The molecule has 0 spiro atoms. The normalized spacial score (nSPS) is 25.1. The van der Waals surface area contributed by atoms with Gasteiger partial charge in [0.1, 0.15) is 5.78 Å². The van der Waals surface area contributed by atoms with E-state index in [1.54, 1.807) is 0 Å². The molecule has 0 radical (unpaired) electrons. The van der Waals surface area contributed by atoms with Crippen LogP contribution in [0.2, 0.25) is 0 Å². The van der Waals surface area contributed by atoms with Gasteiger partial charge >= 0.3 is 0 Å². The molecule has 0 heterocycles. The summed E-state index contributed by atoms with van der Waals surface area (Å²) in [4.78, 5) is 11.0. The molecule has 1 aliphatic rings. The maximum atomic E-state index is 11.0. The van der Waals surface area contributed by atoms with Crippen LogP contribution in [0.3, 0.4) is 0 Å². The van der Waals surface area contributed by atoms with Crippen molar-refractivity contribution in [2.24, 2.45) is 11.8 Å². The van der Waals surface area contributed by atoms with Gasteiger partial charge in [-0.15, -0.1) is 0 Å². The minimum Gasteiger partial charge on any atom is -0.299 e. The Morgan fingerprint density at radius 3 is 2.30 bits per heavy atom. The standard InChI is InChI=1S/C8H14O.CH4/c1-6(2)7-4-3-5-8(7)9;/h6-7H,3-5H2,1-2H3;1H4. The molecular weight excluding hydrogens is 124 g/mol. The summed E-state index contributed by atoms with van der Waals surface area (Å²) < 4.78 is 0. The lowest BCUT2D eigenvalue weighted by atomic mass is 9.94. The summed E-state index contributed by atoms with van der Waals surface area (Å²) >= 11 is 0. The minimum atomic E-state index is 0. The van der Waals surface area contributed by atoms with E-state index in [0.29, 0.717) is 17.6 Å². The lowest BCUT2D eigenvalue weighted by molar-refractivity contribution is -0.121. The number of ketones is 1. The molecule has 0 aliphatic heterocycles. The highest BCUT2D eigenvalue weighted by molar-refractivity contribution is 5.82. The molecule has 1 nitrogen and oxygen atoms in total. The molecule has 1 aliphatic carbocycles. The zero-order chi connectivity index (χ0) is 6.85. The maximum Gasteiger partial charge on any atom is 0.136 e. The summed E-state index contributed by atoms with van der Waals surface area (Å²) in [7, 11) is 0. The molecule has 60 valence electrons. The Bertz CT molecular complexity index is 116. The number of rotatable bonds is 1. The Morgan fingerprint density at radius 1 is 1.50 bits per heavy atom. The monoisotopic (exact) mass is 142 g/mol. The Labute approximate surface area is 63.8 Å². The zero-order valence-electron chi connectivity index (χ0n) is 6.18. The summed E-state index contributed by atoms with van der Waals surface area (Å²) in [5.41, 5.74) is 0. The maximum absolute atomic E-state index is 11.0. The smallest absolute Gasteiger partial charge is 0.136 e. The number of hydrogen-bond acceptors (Lipinski definition) is 1. The SMILES string of the molecule is C.CC(C)C1CCCC1=O. The van der Waals surface area contributed by atoms with E-state index in [1.165, 1.54) is 0 Å². The molecule has 0 aromatic carbocycles. The molecule has 1 saturated carbocycles. The summed E-state index contributed by atoms with van der Waals surface area (Å²) in [6.45, 7) is 4.27. The fraction of sp³-hybridized carbons (Fsp3) is 0.889. The van der Waals surface area contributed by atoms with Gasteiger partial charge < -0.3 is 0 Å². The average molecular weight is 142 g/mol. The summed E-state index contributed by atoms with van der Waals surface area (Å²) in [5.74, 6) is 1.45. The van der Waals surface area contributed by atoms with E-state index in [9.17, 15) is 4.79 Å². The van der Waals surface area contributed by atoms with Crippen LogP contribution in [0, 0.1) is 11.8 Å². The van der Waals surface area contributed by atoms with Gasteiger partial charge in [0.15, 0.2) is 0 Å². The third-order valence-corrected chi connectivity index (χ3v) is 2.16. The van der Waals surface area contributed by atoms with Crippen molar-refractivity contribution in [2.45, 2.75) is 40.5 Å². The minimum absolute atomic E-state index is 0. The molecule has 10 heavy (non-hydrogen) atoms. The van der Waals surface area contributed by atoms with Crippen molar-refractivity contribution in [1.29, 1.82) is 0 Å². The third kappa shape index (κ3) is 1.83. The predicted molar refractivity (Wildman–Crippen MR) is 43.9 cm³/mol. The molecular formula is C9H18O. The quantitative estimate of drug-likeness (QED) is 0.550. The third-order valence-electron chi connectivity index (χ3n) is 2.16. The Morgan fingerprint density at radius 2 is 2.10 bits per heavy atom. The molecule has 0 aromatic heterocycles. The number of carbonyl (C=O) groups is 1. The first-order valence-electron chi connectivity index (χ1n) is 3.74. The molecule has 1 atom stereocenters. The summed E-state index contributed by atoms with van der Waals surface area (Å²) in [6, 6.07) is 0. The van der Waals surface area contributed by atoms with E-state index < -0.39 is 0 Å². The van der Waals surface area contributed by atoms with E-state index in [2.05, 4.69) is 13.8 Å². The van der Waals surface area contributed by atoms with Crippen LogP contribution in [0.15, 0.2) is 0 Å². The summed E-state index contributed by atoms with van der Waals surface area (Å²) in [6.07, 6.45) is 3.10. The van der Waals surface area contributed by atoms with Crippen molar-refractivity contribution in [2.75, 3.05) is 0 Å². The first-order chi connectivity index (χ1) is 4.22. The van der Waals surface area contributed by atoms with E-state index in [4.69, 9.17) is 0 Å². The number of carbonyl (C=O) groups excluding carboxylic acids is 1. The van der Waals surface area contributed by atoms with E-state index in [0.717, 1.165) is 19.3 Å². The van der Waals surface area contributed by atoms with Gasteiger partial charge in [-0.2, -0.15) is 0 Å². The van der Waals surface area contributed by atoms with Crippen LogP contribution in [0.1, 0.15) is 40.5 Å². The molecule has 0 amide bonds. The van der Waals surface area contributed by atoms with Crippen LogP contribution in [0.5, 0.6) is 0 Å². The van der Waals surface area contributed by atoms with Gasteiger partial charge in [0.25, 0.3) is 0 Å². The molecule has 1 heteroatoms. The van der Waals surface area contributed by atoms with Gasteiger partial charge in [-0.25, -0.2) is 0 Å². The van der Waals surface area contributed by atoms with Crippen LogP contribution in [-0.4, -0.2) is 5.78 Å². The molecule has 0 bridgehead atoms. The predicted octanol–water partition coefficient (Wildman–Crippen LogP) is 2.65. The topological polar surface area (TPSA) is 17.1 Å². The lowest BCUT2D eigenvalue weighted by Gasteiger charge is -2.10. The molecule has 0 aromatic rings. The van der Waals surface area contributed by atoms with Crippen molar-refractivity contribution < 1.29 is 4.79 Å². The van der Waals surface area contributed by atoms with E-state index in [-0.39, 0.29) is 7.43 Å². The molecule has 1 rings (SSSR count). The van der Waals surface area contributed by atoms with Crippen LogP contribution < -0.4 is 0 Å². The first-order valence-corrected chi connectivity index (χ1v) is 3.74. The second kappa shape index (κ2) is 3.75. The Hall–Kier alpha value is -0.330. The van der Waals surface area contributed by atoms with E-state index in [1.807, 2.05) is 0 Å². The highest BCUT2D eigenvalue weighted by Crippen LogP contribution is 2.27. The van der Waals surface area contributed by atoms with Gasteiger partial charge in [0, 0.05) is 12.3 Å². The second-order valence-corrected chi connectivity index (χ2v) is 3.21. The molecule has 0 saturated heterocycles. The fourth-order valence-corrected chi connectivity index (χ4v) is 1.55. The first kappa shape index (κ1) is 9.67. The lowest BCUT2D eigenvalue weighted by Crippen LogP contribution is -2.12. The fourth-order valence-electron chi connectivity index (χ4n) is 1.55. The summed E-state index contributed by atoms with van der Waals surface area (Å²) in [5, 5.41) is 0. The molecule has 1 unspecified atom stereocenters. The molecule has 0 N–H and O–H groups in total. The van der Waals surface area contributed by atoms with Gasteiger partial charge in [0.05, 0.1) is 0 Å². The van der Waals surface area contributed by atoms with Crippen molar-refractivity contribution in [3.05, 3.63) is 0 Å². The van der Waals surface area contributed by atoms with Gasteiger partial charge in [-0.1, -0.05) is 21.3 Å². The largest absolute Gasteiger partial charge is 0.299 e. The van der Waals surface area contributed by atoms with Crippen molar-refractivity contribution in [3.8, 4) is 0 Å². The van der Waals surface area contributed by atoms with Gasteiger partial charge in [0.2, 0.25) is 0 Å². The second-order valence-electron chi connectivity index (χ2n) is 3.21. The number of Topliss-reactive ketones (excluding diaryl/α,β-unsaturated/α-hetero) is 1. The Balaban J connectivity index is 0.000000810. The van der Waals surface area contributed by atoms with Gasteiger partial charge in [-0.3, -0.25) is 4.79 Å². The van der Waals surface area contributed by atoms with Crippen molar-refractivity contribution in [3.63, 3.8) is 0 Å². The van der Waals surface area contributed by atoms with Crippen molar-refractivity contribution >= 4 is 5.78 Å². The molecule has 1 fully saturated rings. The van der Waals surface area contributed by atoms with Gasteiger partial charge in [-0.05, 0) is 18.8 Å². The number of hydrogen-bond donors (Lipinski definition) is 0. The Kier molecular flexibility index (Phi) is 3.62. The van der Waals surface area contributed by atoms with Crippen LogP contribution >= 0.6 is 0 Å². The van der Waals surface area contributed by atoms with Crippen LogP contribution in [-0.2, 0) is 4.79 Å². The van der Waals surface area contributed by atoms with Crippen molar-refractivity contribution in [1.82, 2.24) is 0 Å². The highest BCUT2D eigenvalue weighted by atomic mass is 16.1.